The van der Waals surface area contributed by atoms with E-state index in [2.05, 4.69) is 10.3 Å². The maximum Gasteiger partial charge on any atom is 0.217 e. The van der Waals surface area contributed by atoms with Crippen molar-refractivity contribution in [1.82, 2.24) is 10.3 Å². The Morgan fingerprint density at radius 3 is 2.83 bits per heavy atom. The van der Waals surface area contributed by atoms with E-state index < -0.39 is 0 Å². The van der Waals surface area contributed by atoms with E-state index in [1.54, 1.807) is 6.20 Å². The van der Waals surface area contributed by atoms with Crippen LogP contribution < -0.4 is 5.32 Å². The molecule has 0 aliphatic rings. The fourth-order valence-corrected chi connectivity index (χ4v) is 1.01. The van der Waals surface area contributed by atoms with E-state index in [-0.39, 0.29) is 11.9 Å². The average molecular weight is 164 g/mol. The molecule has 12 heavy (non-hydrogen) atoms. The Kier molecular flexibility index (Phi) is 2.80. The molecule has 3 nitrogen and oxygen atoms in total. The molecule has 1 N–H and O–H groups in total. The number of aromatic nitrogens is 1. The number of nitrogens with zero attached hydrogens (tertiary/aromatic N) is 1. The minimum absolute atomic E-state index is 0.0105. The number of nitrogens with one attached hydrogen (secondary N) is 1. The molecule has 0 aliphatic heterocycles. The maximum absolute atomic E-state index is 10.7. The molecule has 1 unspecified atom stereocenters. The van der Waals surface area contributed by atoms with Crippen LogP contribution in [0.1, 0.15) is 25.6 Å². The van der Waals surface area contributed by atoms with Crippen LogP contribution in [-0.4, -0.2) is 10.9 Å². The summed E-state index contributed by atoms with van der Waals surface area (Å²) in [5.41, 5.74) is 0.882. The lowest BCUT2D eigenvalue weighted by molar-refractivity contribution is -0.119. The van der Waals surface area contributed by atoms with Gasteiger partial charge in [0.2, 0.25) is 5.91 Å². The van der Waals surface area contributed by atoms with E-state index in [4.69, 9.17) is 0 Å². The van der Waals surface area contributed by atoms with Crippen molar-refractivity contribution in [3.8, 4) is 0 Å². The largest absolute Gasteiger partial charge is 0.348 e. The lowest BCUT2D eigenvalue weighted by Crippen LogP contribution is -2.24. The first-order valence-electron chi connectivity index (χ1n) is 3.88. The molecule has 0 bridgehead atoms. The van der Waals surface area contributed by atoms with Gasteiger partial charge in [0.1, 0.15) is 0 Å². The van der Waals surface area contributed by atoms with Crippen LogP contribution >= 0.6 is 0 Å². The molecule has 1 heterocycles. The Hall–Kier alpha value is -1.38. The summed E-state index contributed by atoms with van der Waals surface area (Å²) in [7, 11) is 0. The van der Waals surface area contributed by atoms with Gasteiger partial charge in [-0.1, -0.05) is 6.07 Å². The zero-order chi connectivity index (χ0) is 8.97. The van der Waals surface area contributed by atoms with Crippen LogP contribution in [0.2, 0.25) is 0 Å². The van der Waals surface area contributed by atoms with Gasteiger partial charge >= 0.3 is 0 Å². The summed E-state index contributed by atoms with van der Waals surface area (Å²) in [6.07, 6.45) is 1.72. The molecule has 0 fully saturated rings. The molecule has 0 spiro atoms. The first kappa shape index (κ1) is 8.71. The summed E-state index contributed by atoms with van der Waals surface area (Å²) in [5.74, 6) is -0.0341. The van der Waals surface area contributed by atoms with Crippen molar-refractivity contribution in [1.29, 1.82) is 0 Å². The van der Waals surface area contributed by atoms with Gasteiger partial charge in [-0.2, -0.15) is 0 Å². The van der Waals surface area contributed by atoms with E-state index in [0.717, 1.165) is 5.69 Å². The number of amides is 1. The molecule has 1 amide bonds. The molecule has 1 rings (SSSR count). The van der Waals surface area contributed by atoms with Gasteiger partial charge in [0.25, 0.3) is 0 Å². The molecular weight excluding hydrogens is 152 g/mol. The second-order valence-electron chi connectivity index (χ2n) is 2.68. The first-order chi connectivity index (χ1) is 5.70. The lowest BCUT2D eigenvalue weighted by Gasteiger charge is -2.10. The van der Waals surface area contributed by atoms with Crippen LogP contribution in [0.4, 0.5) is 0 Å². The fraction of sp³-hybridized carbons (Fsp3) is 0.333. The van der Waals surface area contributed by atoms with E-state index in [1.807, 2.05) is 25.1 Å². The first-order valence-corrected chi connectivity index (χ1v) is 3.88. The summed E-state index contributed by atoms with van der Waals surface area (Å²) in [6.45, 7) is 3.41. The minimum atomic E-state index is -0.0341. The number of carbonyl (C=O) groups is 1. The molecular formula is C9H12N2O. The summed E-state index contributed by atoms with van der Waals surface area (Å²) in [6, 6.07) is 5.63. The molecule has 3 heteroatoms. The number of hydrogen-bond donors (Lipinski definition) is 1. The molecule has 0 radical (unpaired) electrons. The standard InChI is InChI=1S/C9H12N2O/c1-7(11-8(2)12)9-5-3-4-6-10-9/h3-7H,1-2H3,(H,11,12). The average Bonchev–Trinajstić information content (AvgIpc) is 2.05. The highest BCUT2D eigenvalue weighted by Crippen LogP contribution is 2.06. The van der Waals surface area contributed by atoms with Crippen LogP contribution in [0.25, 0.3) is 0 Å². The normalized spacial score (nSPS) is 12.2. The van der Waals surface area contributed by atoms with Gasteiger partial charge in [-0.05, 0) is 19.1 Å². The Bertz CT molecular complexity index is 258. The quantitative estimate of drug-likeness (QED) is 0.715. The van der Waals surface area contributed by atoms with Gasteiger partial charge in [-0.3, -0.25) is 9.78 Å². The zero-order valence-corrected chi connectivity index (χ0v) is 7.24. The van der Waals surface area contributed by atoms with Gasteiger partial charge < -0.3 is 5.32 Å². The van der Waals surface area contributed by atoms with Gasteiger partial charge in [0.15, 0.2) is 0 Å². The molecule has 0 saturated heterocycles. The SMILES string of the molecule is CC(=O)NC(C)c1ccccn1. The Morgan fingerprint density at radius 2 is 2.33 bits per heavy atom. The molecule has 64 valence electrons. The van der Waals surface area contributed by atoms with Crippen LogP contribution in [0.5, 0.6) is 0 Å². The summed E-state index contributed by atoms with van der Waals surface area (Å²) in [4.78, 5) is 14.8. The van der Waals surface area contributed by atoms with Crippen LogP contribution in [0.15, 0.2) is 24.4 Å². The predicted molar refractivity (Wildman–Crippen MR) is 46.5 cm³/mol. The van der Waals surface area contributed by atoms with Gasteiger partial charge in [-0.25, -0.2) is 0 Å². The van der Waals surface area contributed by atoms with Crippen molar-refractivity contribution >= 4 is 5.91 Å². The number of pyridine rings is 1. The molecule has 1 atom stereocenters. The van der Waals surface area contributed by atoms with Gasteiger partial charge in [-0.15, -0.1) is 0 Å². The maximum atomic E-state index is 10.7. The van der Waals surface area contributed by atoms with Gasteiger partial charge in [0.05, 0.1) is 11.7 Å². The third-order valence-electron chi connectivity index (χ3n) is 1.55. The van der Waals surface area contributed by atoms with Crippen LogP contribution in [0, 0.1) is 0 Å². The number of rotatable bonds is 2. The highest BCUT2D eigenvalue weighted by atomic mass is 16.1. The number of carbonyl (C=O) groups excluding carboxylic acids is 1. The van der Waals surface area contributed by atoms with Crippen LogP contribution in [0.3, 0.4) is 0 Å². The molecule has 0 aromatic carbocycles. The highest BCUT2D eigenvalue weighted by Gasteiger charge is 2.05. The Labute approximate surface area is 71.8 Å². The Morgan fingerprint density at radius 1 is 1.58 bits per heavy atom. The predicted octanol–water partition coefficient (Wildman–Crippen LogP) is 1.28. The molecule has 0 saturated carbocycles. The second-order valence-corrected chi connectivity index (χ2v) is 2.68. The van der Waals surface area contributed by atoms with Gasteiger partial charge in [0, 0.05) is 13.1 Å². The van der Waals surface area contributed by atoms with Crippen molar-refractivity contribution in [2.75, 3.05) is 0 Å². The van der Waals surface area contributed by atoms with Crippen LogP contribution in [-0.2, 0) is 4.79 Å². The zero-order valence-electron chi connectivity index (χ0n) is 7.24. The summed E-state index contributed by atoms with van der Waals surface area (Å²) >= 11 is 0. The number of hydrogen-bond acceptors (Lipinski definition) is 2. The summed E-state index contributed by atoms with van der Waals surface area (Å²) < 4.78 is 0. The third kappa shape index (κ3) is 2.34. The van der Waals surface area contributed by atoms with E-state index >= 15 is 0 Å². The minimum Gasteiger partial charge on any atom is -0.348 e. The highest BCUT2D eigenvalue weighted by molar-refractivity contribution is 5.73. The second kappa shape index (κ2) is 3.85. The topological polar surface area (TPSA) is 42.0 Å². The third-order valence-corrected chi connectivity index (χ3v) is 1.55. The fourth-order valence-electron chi connectivity index (χ4n) is 1.01. The molecule has 1 aromatic heterocycles. The molecule has 1 aromatic rings. The Balaban J connectivity index is 2.65. The van der Waals surface area contributed by atoms with Crippen molar-refractivity contribution in [3.63, 3.8) is 0 Å². The van der Waals surface area contributed by atoms with E-state index in [9.17, 15) is 4.79 Å². The van der Waals surface area contributed by atoms with Crippen molar-refractivity contribution < 1.29 is 4.79 Å². The monoisotopic (exact) mass is 164 g/mol. The van der Waals surface area contributed by atoms with Crippen molar-refractivity contribution in [2.45, 2.75) is 19.9 Å². The van der Waals surface area contributed by atoms with E-state index in [1.165, 1.54) is 6.92 Å². The smallest absolute Gasteiger partial charge is 0.217 e. The van der Waals surface area contributed by atoms with Crippen molar-refractivity contribution in [2.24, 2.45) is 0 Å². The van der Waals surface area contributed by atoms with E-state index in [0.29, 0.717) is 0 Å². The summed E-state index contributed by atoms with van der Waals surface area (Å²) in [5, 5.41) is 2.76. The lowest BCUT2D eigenvalue weighted by atomic mass is 10.2. The molecule has 0 aliphatic carbocycles. The van der Waals surface area contributed by atoms with Crippen molar-refractivity contribution in [3.05, 3.63) is 30.1 Å².